The first-order valence-electron chi connectivity index (χ1n) is 11.8. The third-order valence-electron chi connectivity index (χ3n) is 6.22. The van der Waals surface area contributed by atoms with Gasteiger partial charge in [0.25, 0.3) is 0 Å². The van der Waals surface area contributed by atoms with Crippen molar-refractivity contribution in [3.05, 3.63) is 162 Å². The van der Waals surface area contributed by atoms with Crippen molar-refractivity contribution in [2.24, 2.45) is 0 Å². The minimum absolute atomic E-state index is 0.441. The monoisotopic (exact) mass is 504 g/mol. The lowest BCUT2D eigenvalue weighted by atomic mass is 10.2. The summed E-state index contributed by atoms with van der Waals surface area (Å²) in [6.07, 6.45) is 1.89. The van der Waals surface area contributed by atoms with Gasteiger partial charge in [0, 0.05) is 21.2 Å². The molecule has 0 aromatic heterocycles. The molecule has 5 rings (SSSR count). The van der Waals surface area contributed by atoms with E-state index in [0.717, 1.165) is 5.56 Å². The average Bonchev–Trinajstić information content (AvgIpc) is 2.97. The summed E-state index contributed by atoms with van der Waals surface area (Å²) in [6.45, 7) is 0. The van der Waals surface area contributed by atoms with E-state index >= 15 is 9.13 Å². The Hall–Kier alpha value is -3.70. The molecule has 0 unspecified atom stereocenters. The second-order valence-electron chi connectivity index (χ2n) is 8.47. The van der Waals surface area contributed by atoms with E-state index in [-0.39, 0.29) is 0 Å². The molecular weight excluding hydrogens is 478 g/mol. The van der Waals surface area contributed by atoms with Gasteiger partial charge in [0.15, 0.2) is 14.3 Å². The van der Waals surface area contributed by atoms with Crippen molar-refractivity contribution < 1.29 is 9.13 Å². The smallest absolute Gasteiger partial charge is 0.175 e. The molecule has 176 valence electrons. The zero-order valence-electron chi connectivity index (χ0n) is 19.7. The molecule has 5 aromatic carbocycles. The Morgan fingerprint density at radius 1 is 0.389 bits per heavy atom. The van der Waals surface area contributed by atoms with Crippen LogP contribution in [0.25, 0.3) is 6.08 Å². The third kappa shape index (κ3) is 4.47. The average molecular weight is 505 g/mol. The molecule has 0 aliphatic heterocycles. The number of hydrogen-bond donors (Lipinski definition) is 0. The standard InChI is InChI=1S/C32H26O2P2/c33-35(28-18-8-2-9-19-28,29-20-10-3-11-21-29)32(26-27-16-6-1-7-17-27)36(34,30-22-12-4-13-23-30)31-24-14-5-15-25-31/h1-26H. The maximum absolute atomic E-state index is 15.7. The first-order valence-corrected chi connectivity index (χ1v) is 15.3. The lowest BCUT2D eigenvalue weighted by Gasteiger charge is -2.30. The fraction of sp³-hybridized carbons (Fsp3) is 0. The normalized spacial score (nSPS) is 11.6. The molecule has 0 amide bonds. The Morgan fingerprint density at radius 2 is 0.639 bits per heavy atom. The van der Waals surface area contributed by atoms with Gasteiger partial charge in [-0.3, -0.25) is 0 Å². The highest BCUT2D eigenvalue weighted by molar-refractivity contribution is 8.00. The van der Waals surface area contributed by atoms with Gasteiger partial charge in [0.2, 0.25) is 0 Å². The van der Waals surface area contributed by atoms with Crippen molar-refractivity contribution in [2.45, 2.75) is 0 Å². The lowest BCUT2D eigenvalue weighted by Crippen LogP contribution is -2.24. The van der Waals surface area contributed by atoms with Gasteiger partial charge < -0.3 is 9.13 Å². The zero-order chi connectivity index (χ0) is 24.8. The van der Waals surface area contributed by atoms with Crippen LogP contribution in [0.1, 0.15) is 5.56 Å². The molecule has 0 spiro atoms. The van der Waals surface area contributed by atoms with E-state index in [9.17, 15) is 0 Å². The first kappa shape index (κ1) is 24.0. The quantitative estimate of drug-likeness (QED) is 0.223. The van der Waals surface area contributed by atoms with E-state index in [1.54, 1.807) is 0 Å². The predicted molar refractivity (Wildman–Crippen MR) is 154 cm³/mol. The van der Waals surface area contributed by atoms with Crippen LogP contribution in [0.5, 0.6) is 0 Å². The molecule has 0 radical (unpaired) electrons. The SMILES string of the molecule is O=P(C(=Cc1ccccc1)P(=O)(c1ccccc1)c1ccccc1)(c1ccccc1)c1ccccc1. The minimum Gasteiger partial charge on any atom is -0.308 e. The van der Waals surface area contributed by atoms with Gasteiger partial charge in [-0.2, -0.15) is 0 Å². The Morgan fingerprint density at radius 3 is 0.917 bits per heavy atom. The van der Waals surface area contributed by atoms with E-state index in [0.29, 0.717) is 26.3 Å². The number of rotatable bonds is 7. The van der Waals surface area contributed by atoms with Gasteiger partial charge in [-0.15, -0.1) is 0 Å². The van der Waals surface area contributed by atoms with Crippen molar-refractivity contribution in [1.82, 2.24) is 0 Å². The molecule has 0 saturated carbocycles. The lowest BCUT2D eigenvalue weighted by molar-refractivity contribution is 0.586. The summed E-state index contributed by atoms with van der Waals surface area (Å²) >= 11 is 0. The van der Waals surface area contributed by atoms with Gasteiger partial charge in [-0.05, 0) is 11.6 Å². The largest absolute Gasteiger partial charge is 0.308 e. The van der Waals surface area contributed by atoms with E-state index in [1.807, 2.05) is 158 Å². The molecule has 0 aliphatic carbocycles. The highest BCUT2D eigenvalue weighted by Crippen LogP contribution is 2.70. The molecular formula is C32H26O2P2. The van der Waals surface area contributed by atoms with Crippen molar-refractivity contribution in [1.29, 1.82) is 0 Å². The topological polar surface area (TPSA) is 34.1 Å². The zero-order valence-corrected chi connectivity index (χ0v) is 21.5. The van der Waals surface area contributed by atoms with Gasteiger partial charge >= 0.3 is 0 Å². The van der Waals surface area contributed by atoms with Crippen LogP contribution in [0.4, 0.5) is 0 Å². The van der Waals surface area contributed by atoms with Crippen LogP contribution in [-0.4, -0.2) is 0 Å². The molecule has 5 aromatic rings. The molecule has 36 heavy (non-hydrogen) atoms. The van der Waals surface area contributed by atoms with Crippen LogP contribution in [0, 0.1) is 0 Å². The van der Waals surface area contributed by atoms with Crippen molar-refractivity contribution >= 4 is 41.6 Å². The molecule has 0 N–H and O–H groups in total. The molecule has 4 heteroatoms. The van der Waals surface area contributed by atoms with Crippen LogP contribution >= 0.6 is 14.3 Å². The minimum atomic E-state index is -3.55. The summed E-state index contributed by atoms with van der Waals surface area (Å²) in [4.78, 5) is 0. The summed E-state index contributed by atoms with van der Waals surface area (Å²) in [5.74, 6) is 0. The first-order chi connectivity index (χ1) is 17.6. The molecule has 0 heterocycles. The van der Waals surface area contributed by atoms with Crippen molar-refractivity contribution in [3.8, 4) is 0 Å². The Balaban J connectivity index is 1.93. The Bertz CT molecular complexity index is 1360. The van der Waals surface area contributed by atoms with Gasteiger partial charge in [0.1, 0.15) is 0 Å². The second kappa shape index (κ2) is 10.5. The van der Waals surface area contributed by atoms with Crippen LogP contribution in [-0.2, 0) is 9.13 Å². The van der Waals surface area contributed by atoms with Crippen LogP contribution in [0.2, 0.25) is 0 Å². The van der Waals surface area contributed by atoms with E-state index in [4.69, 9.17) is 0 Å². The molecule has 0 aliphatic rings. The number of hydrogen-bond acceptors (Lipinski definition) is 2. The summed E-state index contributed by atoms with van der Waals surface area (Å²) in [6, 6.07) is 47.6. The Kier molecular flexibility index (Phi) is 7.01. The molecule has 0 saturated heterocycles. The van der Waals surface area contributed by atoms with E-state index in [1.165, 1.54) is 0 Å². The molecule has 2 nitrogen and oxygen atoms in total. The summed E-state index contributed by atoms with van der Waals surface area (Å²) in [5, 5.41) is 3.07. The maximum atomic E-state index is 15.7. The second-order valence-corrected chi connectivity index (χ2v) is 14.3. The van der Waals surface area contributed by atoms with Crippen LogP contribution < -0.4 is 21.2 Å². The van der Waals surface area contributed by atoms with Gasteiger partial charge in [-0.1, -0.05) is 152 Å². The number of benzene rings is 5. The molecule has 0 bridgehead atoms. The van der Waals surface area contributed by atoms with Gasteiger partial charge in [0.05, 0.1) is 5.06 Å². The van der Waals surface area contributed by atoms with Crippen LogP contribution in [0.3, 0.4) is 0 Å². The molecule has 0 fully saturated rings. The van der Waals surface area contributed by atoms with Crippen molar-refractivity contribution in [3.63, 3.8) is 0 Å². The van der Waals surface area contributed by atoms with Crippen molar-refractivity contribution in [2.75, 3.05) is 0 Å². The fourth-order valence-corrected chi connectivity index (χ4v) is 12.1. The van der Waals surface area contributed by atoms with Crippen LogP contribution in [0.15, 0.2) is 157 Å². The maximum Gasteiger partial charge on any atom is 0.175 e. The van der Waals surface area contributed by atoms with E-state index in [2.05, 4.69) is 0 Å². The fourth-order valence-electron chi connectivity index (χ4n) is 4.46. The third-order valence-corrected chi connectivity index (χ3v) is 13.6. The highest BCUT2D eigenvalue weighted by atomic mass is 31.2. The predicted octanol–water partition coefficient (Wildman–Crippen LogP) is 7.01. The summed E-state index contributed by atoms with van der Waals surface area (Å²) < 4.78 is 31.3. The Labute approximate surface area is 212 Å². The van der Waals surface area contributed by atoms with Gasteiger partial charge in [-0.25, -0.2) is 0 Å². The summed E-state index contributed by atoms with van der Waals surface area (Å²) in [5.41, 5.74) is 0.853. The highest BCUT2D eigenvalue weighted by Gasteiger charge is 2.44. The molecule has 0 atom stereocenters. The summed E-state index contributed by atoms with van der Waals surface area (Å²) in [7, 11) is -7.11. The van der Waals surface area contributed by atoms with E-state index < -0.39 is 14.3 Å².